The maximum atomic E-state index is 12.5. The quantitative estimate of drug-likeness (QED) is 0.551. The average molecular weight is 451 g/mol. The zero-order valence-corrected chi connectivity index (χ0v) is 20.4. The summed E-state index contributed by atoms with van der Waals surface area (Å²) < 4.78 is 7.92. The Morgan fingerprint density at radius 3 is 2.52 bits per heavy atom. The molecule has 0 radical (unpaired) electrons. The summed E-state index contributed by atoms with van der Waals surface area (Å²) in [5.74, 6) is 0.179. The molecule has 0 aliphatic carbocycles. The summed E-state index contributed by atoms with van der Waals surface area (Å²) in [5, 5.41) is 15.1. The van der Waals surface area contributed by atoms with Crippen LogP contribution in [0.1, 0.15) is 64.8 Å². The van der Waals surface area contributed by atoms with Crippen molar-refractivity contribution >= 4 is 17.4 Å². The Morgan fingerprint density at radius 1 is 1.21 bits per heavy atom. The number of fused-ring (bicyclic) bond motifs is 1. The van der Waals surface area contributed by atoms with Crippen molar-refractivity contribution in [3.05, 3.63) is 47.7 Å². The highest BCUT2D eigenvalue weighted by Crippen LogP contribution is 2.39. The van der Waals surface area contributed by atoms with Gasteiger partial charge in [-0.05, 0) is 46.5 Å². The molecule has 33 heavy (non-hydrogen) atoms. The molecule has 0 bridgehead atoms. The highest BCUT2D eigenvalue weighted by Gasteiger charge is 2.38. The predicted octanol–water partition coefficient (Wildman–Crippen LogP) is 5.27. The van der Waals surface area contributed by atoms with E-state index in [0.29, 0.717) is 28.9 Å². The molecule has 0 saturated carbocycles. The molecule has 7 nitrogen and oxygen atoms in total. The van der Waals surface area contributed by atoms with Gasteiger partial charge in [0.1, 0.15) is 5.82 Å². The van der Waals surface area contributed by atoms with E-state index >= 15 is 0 Å². The number of nitrogens with zero attached hydrogens (tertiary/aromatic N) is 4. The van der Waals surface area contributed by atoms with E-state index in [1.54, 1.807) is 0 Å². The van der Waals surface area contributed by atoms with Crippen LogP contribution in [0.4, 0.5) is 5.82 Å². The van der Waals surface area contributed by atoms with Gasteiger partial charge >= 0.3 is 5.97 Å². The van der Waals surface area contributed by atoms with Crippen LogP contribution in [0.15, 0.2) is 36.4 Å². The molecular weight excluding hydrogens is 416 g/mol. The van der Waals surface area contributed by atoms with Crippen LogP contribution in [0.5, 0.6) is 0 Å². The van der Waals surface area contributed by atoms with Gasteiger partial charge in [0.25, 0.3) is 0 Å². The van der Waals surface area contributed by atoms with Gasteiger partial charge in [0.15, 0.2) is 11.8 Å². The number of aryl methyl sites for hydroxylation is 1. The van der Waals surface area contributed by atoms with E-state index in [9.17, 15) is 9.90 Å². The molecule has 1 aliphatic heterocycles. The summed E-state index contributed by atoms with van der Waals surface area (Å²) in [7, 11) is 0. The molecule has 2 atom stereocenters. The number of carbonyl (C=O) groups is 1. The minimum atomic E-state index is -1.14. The Kier molecular flexibility index (Phi) is 6.18. The van der Waals surface area contributed by atoms with Crippen molar-refractivity contribution in [2.24, 2.45) is 5.92 Å². The number of aromatic nitrogens is 3. The molecule has 1 aromatic carbocycles. The Labute approximate surface area is 195 Å². The third kappa shape index (κ3) is 4.60. The summed E-state index contributed by atoms with van der Waals surface area (Å²) in [6.45, 7) is 12.8. The second-order valence-corrected chi connectivity index (χ2v) is 10.2. The van der Waals surface area contributed by atoms with Crippen molar-refractivity contribution in [2.45, 2.75) is 72.1 Å². The number of rotatable bonds is 6. The Hall–Kier alpha value is -2.93. The summed E-state index contributed by atoms with van der Waals surface area (Å²) in [6.07, 6.45) is 0.968. The van der Waals surface area contributed by atoms with Gasteiger partial charge in [-0.15, -0.1) is 0 Å². The first-order valence-corrected chi connectivity index (χ1v) is 11.7. The Bertz CT molecular complexity index is 1150. The molecule has 0 amide bonds. The Morgan fingerprint density at radius 2 is 1.91 bits per heavy atom. The zero-order chi connectivity index (χ0) is 23.9. The van der Waals surface area contributed by atoms with E-state index in [4.69, 9.17) is 14.8 Å². The number of ether oxygens (including phenoxy) is 1. The number of hydrogen-bond acceptors (Lipinski definition) is 5. The summed E-state index contributed by atoms with van der Waals surface area (Å²) in [6, 6.07) is 12.2. The first kappa shape index (κ1) is 23.2. The van der Waals surface area contributed by atoms with E-state index in [0.717, 1.165) is 36.5 Å². The average Bonchev–Trinajstić information content (AvgIpc) is 3.38. The Balaban J connectivity index is 2.00. The van der Waals surface area contributed by atoms with E-state index in [1.807, 2.05) is 68.6 Å². The summed E-state index contributed by atoms with van der Waals surface area (Å²) in [5.41, 5.74) is 3.12. The van der Waals surface area contributed by atoms with Gasteiger partial charge in [-0.3, -0.25) is 0 Å². The van der Waals surface area contributed by atoms with Crippen molar-refractivity contribution in [1.29, 1.82) is 0 Å². The summed E-state index contributed by atoms with van der Waals surface area (Å²) in [4.78, 5) is 19.6. The van der Waals surface area contributed by atoms with Crippen molar-refractivity contribution in [3.63, 3.8) is 0 Å². The fourth-order valence-corrected chi connectivity index (χ4v) is 4.78. The van der Waals surface area contributed by atoms with Crippen LogP contribution in [-0.2, 0) is 9.53 Å². The molecule has 1 N–H and O–H groups in total. The molecule has 4 rings (SSSR count). The molecule has 1 fully saturated rings. The first-order valence-electron chi connectivity index (χ1n) is 11.7. The lowest BCUT2D eigenvalue weighted by Crippen LogP contribution is -2.37. The van der Waals surface area contributed by atoms with E-state index in [-0.39, 0.29) is 0 Å². The fraction of sp³-hybridized carbons (Fsp3) is 0.500. The van der Waals surface area contributed by atoms with Crippen LogP contribution in [0.25, 0.3) is 16.9 Å². The standard InChI is InChI=1S/C26H34N4O3/c1-16(2)20-13-10-14-29(20)24-22(23(25(31)32)33-26(4,5)6)17(3)27-21-15-19(28-30(21)24)18-11-8-7-9-12-18/h7-9,11-12,15-16,20,23H,10,13-14H2,1-6H3,(H,31,32). The molecule has 7 heteroatoms. The van der Waals surface area contributed by atoms with E-state index in [1.165, 1.54) is 0 Å². The van der Waals surface area contributed by atoms with Crippen LogP contribution < -0.4 is 4.90 Å². The van der Waals surface area contributed by atoms with E-state index in [2.05, 4.69) is 18.7 Å². The highest BCUT2D eigenvalue weighted by molar-refractivity contribution is 5.79. The van der Waals surface area contributed by atoms with Crippen molar-refractivity contribution in [3.8, 4) is 11.3 Å². The minimum absolute atomic E-state index is 0.294. The van der Waals surface area contributed by atoms with E-state index < -0.39 is 17.7 Å². The molecule has 3 heterocycles. The largest absolute Gasteiger partial charge is 0.479 e. The molecular formula is C26H34N4O3. The second kappa shape index (κ2) is 8.78. The maximum absolute atomic E-state index is 12.5. The number of carboxylic acids is 1. The molecule has 2 unspecified atom stereocenters. The summed E-state index contributed by atoms with van der Waals surface area (Å²) >= 11 is 0. The number of benzene rings is 1. The number of aliphatic carboxylic acids is 1. The van der Waals surface area contributed by atoms with Crippen LogP contribution >= 0.6 is 0 Å². The lowest BCUT2D eigenvalue weighted by atomic mass is 10.0. The van der Waals surface area contributed by atoms with Crippen LogP contribution in [0.3, 0.4) is 0 Å². The van der Waals surface area contributed by atoms with Gasteiger partial charge in [-0.25, -0.2) is 9.78 Å². The van der Waals surface area contributed by atoms with Crippen LogP contribution in [0, 0.1) is 12.8 Å². The predicted molar refractivity (Wildman–Crippen MR) is 130 cm³/mol. The lowest BCUT2D eigenvalue weighted by Gasteiger charge is -2.34. The maximum Gasteiger partial charge on any atom is 0.337 e. The molecule has 176 valence electrons. The smallest absolute Gasteiger partial charge is 0.337 e. The molecule has 0 spiro atoms. The molecule has 3 aromatic rings. The number of carboxylic acid groups (broad SMARTS) is 1. The second-order valence-electron chi connectivity index (χ2n) is 10.2. The molecule has 2 aromatic heterocycles. The van der Waals surface area contributed by atoms with Crippen LogP contribution in [0.2, 0.25) is 0 Å². The number of anilines is 1. The van der Waals surface area contributed by atoms with Crippen molar-refractivity contribution < 1.29 is 14.6 Å². The van der Waals surface area contributed by atoms with Crippen LogP contribution in [-0.4, -0.2) is 43.9 Å². The first-order chi connectivity index (χ1) is 15.6. The van der Waals surface area contributed by atoms with Crippen molar-refractivity contribution in [2.75, 3.05) is 11.4 Å². The third-order valence-electron chi connectivity index (χ3n) is 6.17. The lowest BCUT2D eigenvalue weighted by molar-refractivity contribution is -0.160. The normalized spacial score (nSPS) is 17.8. The molecule has 1 aliphatic rings. The van der Waals surface area contributed by atoms with Gasteiger partial charge in [0, 0.05) is 29.9 Å². The fourth-order valence-electron chi connectivity index (χ4n) is 4.78. The molecule has 1 saturated heterocycles. The van der Waals surface area contributed by atoms with Gasteiger partial charge < -0.3 is 14.7 Å². The highest BCUT2D eigenvalue weighted by atomic mass is 16.5. The van der Waals surface area contributed by atoms with Crippen molar-refractivity contribution in [1.82, 2.24) is 14.6 Å². The van der Waals surface area contributed by atoms with Gasteiger partial charge in [-0.2, -0.15) is 9.61 Å². The van der Waals surface area contributed by atoms with Gasteiger partial charge in [0.2, 0.25) is 0 Å². The zero-order valence-electron chi connectivity index (χ0n) is 20.4. The topological polar surface area (TPSA) is 80.0 Å². The van der Waals surface area contributed by atoms with Gasteiger partial charge in [0.05, 0.1) is 16.9 Å². The minimum Gasteiger partial charge on any atom is -0.479 e. The van der Waals surface area contributed by atoms with Gasteiger partial charge in [-0.1, -0.05) is 44.2 Å². The third-order valence-corrected chi connectivity index (χ3v) is 6.17. The number of hydrogen-bond donors (Lipinski definition) is 1. The monoisotopic (exact) mass is 450 g/mol. The SMILES string of the molecule is Cc1nc2cc(-c3ccccc3)nn2c(N2CCCC2C(C)C)c1C(OC(C)(C)C)C(=O)O.